The molecule has 3 aliphatic carbocycles. The molecule has 146 valence electrons. The molecule has 1 fully saturated rings. The average molecular weight is 363 g/mol. The molecule has 3 aliphatic rings. The monoisotopic (exact) mass is 362 g/mol. The van der Waals surface area contributed by atoms with Gasteiger partial charge in [-0.3, -0.25) is 0 Å². The maximum atomic E-state index is 12.6. The molecule has 0 unspecified atom stereocenters. The van der Waals surface area contributed by atoms with Gasteiger partial charge in [-0.05, 0) is 65.9 Å². The first-order chi connectivity index (χ1) is 12.2. The fourth-order valence-corrected chi connectivity index (χ4v) is 5.84. The van der Waals surface area contributed by atoms with Crippen LogP contribution in [0.15, 0.2) is 22.8 Å². The molecule has 0 amide bonds. The number of allylic oxidation sites excluding steroid dienone is 2. The summed E-state index contributed by atoms with van der Waals surface area (Å²) >= 11 is 0. The molecule has 5 atom stereocenters. The Labute approximate surface area is 157 Å². The molecule has 0 aromatic heterocycles. The van der Waals surface area contributed by atoms with Crippen LogP contribution in [-0.2, 0) is 14.3 Å². The molecular weight excluding hydrogens is 328 g/mol. The summed E-state index contributed by atoms with van der Waals surface area (Å²) in [4.78, 5) is 12.6. The van der Waals surface area contributed by atoms with E-state index in [1.54, 1.807) is 7.11 Å². The lowest BCUT2D eigenvalue weighted by atomic mass is 9.65. The Morgan fingerprint density at radius 2 is 1.92 bits per heavy atom. The van der Waals surface area contributed by atoms with E-state index in [0.29, 0.717) is 17.4 Å². The van der Waals surface area contributed by atoms with E-state index in [4.69, 9.17) is 9.47 Å². The number of hydrogen-bond acceptors (Lipinski definition) is 4. The third-order valence-corrected chi connectivity index (χ3v) is 7.53. The van der Waals surface area contributed by atoms with Gasteiger partial charge in [0.1, 0.15) is 0 Å². The molecule has 4 nitrogen and oxygen atoms in total. The van der Waals surface area contributed by atoms with Gasteiger partial charge in [-0.15, -0.1) is 0 Å². The van der Waals surface area contributed by atoms with Gasteiger partial charge >= 0.3 is 5.97 Å². The zero-order chi connectivity index (χ0) is 19.3. The van der Waals surface area contributed by atoms with Crippen molar-refractivity contribution in [2.75, 3.05) is 14.2 Å². The predicted octanol–water partition coefficient (Wildman–Crippen LogP) is 4.03. The number of methoxy groups -OCH3 is 2. The third-order valence-electron chi connectivity index (χ3n) is 7.53. The quantitative estimate of drug-likeness (QED) is 0.770. The Balaban J connectivity index is 2.21. The van der Waals surface area contributed by atoms with Gasteiger partial charge in [-0.1, -0.05) is 33.8 Å². The lowest BCUT2D eigenvalue weighted by Crippen LogP contribution is -2.35. The Morgan fingerprint density at radius 3 is 2.50 bits per heavy atom. The Morgan fingerprint density at radius 1 is 1.23 bits per heavy atom. The van der Waals surface area contributed by atoms with E-state index in [2.05, 4.69) is 33.8 Å². The maximum absolute atomic E-state index is 12.6. The zero-order valence-corrected chi connectivity index (χ0v) is 17.1. The number of carbonyl (C=O) groups is 1. The fraction of sp³-hybridized carbons (Fsp3) is 0.773. The number of rotatable bonds is 3. The summed E-state index contributed by atoms with van der Waals surface area (Å²) in [6.07, 6.45) is 6.19. The van der Waals surface area contributed by atoms with Gasteiger partial charge < -0.3 is 14.6 Å². The molecule has 4 heteroatoms. The van der Waals surface area contributed by atoms with Crippen molar-refractivity contribution >= 4 is 5.97 Å². The Hall–Kier alpha value is -1.13. The topological polar surface area (TPSA) is 55.8 Å². The number of aliphatic hydroxyl groups is 1. The number of aliphatic hydroxyl groups excluding tert-OH is 1. The van der Waals surface area contributed by atoms with Crippen molar-refractivity contribution in [1.82, 2.24) is 0 Å². The van der Waals surface area contributed by atoms with Gasteiger partial charge in [0.25, 0.3) is 0 Å². The molecule has 26 heavy (non-hydrogen) atoms. The lowest BCUT2D eigenvalue weighted by molar-refractivity contribution is -0.138. The highest BCUT2D eigenvalue weighted by molar-refractivity contribution is 5.91. The van der Waals surface area contributed by atoms with Crippen LogP contribution in [0.3, 0.4) is 0 Å². The molecule has 0 saturated heterocycles. The van der Waals surface area contributed by atoms with E-state index < -0.39 is 6.10 Å². The standard InChI is InChI=1S/C22H34O4/c1-13(2)14-12-17(23)15-11-16-19(20(24)26-6)18(25-5)7-8-21(16,3)9-10-22(14,15)4/h11,13-14,17-18,23H,7-10,12H2,1-6H3/t14-,17+,18-,21-,22-/m1/s1. The van der Waals surface area contributed by atoms with Crippen LogP contribution in [0.4, 0.5) is 0 Å². The Kier molecular flexibility index (Phi) is 5.13. The van der Waals surface area contributed by atoms with Crippen LogP contribution in [0, 0.1) is 22.7 Å². The van der Waals surface area contributed by atoms with Crippen LogP contribution in [-0.4, -0.2) is 37.5 Å². The third kappa shape index (κ3) is 2.86. The van der Waals surface area contributed by atoms with Crippen molar-refractivity contribution in [3.05, 3.63) is 22.8 Å². The summed E-state index contributed by atoms with van der Waals surface area (Å²) in [7, 11) is 3.09. The highest BCUT2D eigenvalue weighted by Crippen LogP contribution is 2.59. The summed E-state index contributed by atoms with van der Waals surface area (Å²) in [6.45, 7) is 9.08. The molecular formula is C22H34O4. The van der Waals surface area contributed by atoms with Crippen LogP contribution in [0.2, 0.25) is 0 Å². The minimum atomic E-state index is -0.427. The first kappa shape index (κ1) is 19.6. The highest BCUT2D eigenvalue weighted by atomic mass is 16.5. The van der Waals surface area contributed by atoms with Crippen LogP contribution >= 0.6 is 0 Å². The van der Waals surface area contributed by atoms with Crippen molar-refractivity contribution in [3.8, 4) is 0 Å². The lowest BCUT2D eigenvalue weighted by Gasteiger charge is -2.40. The van der Waals surface area contributed by atoms with Crippen LogP contribution in [0.5, 0.6) is 0 Å². The number of fused-ring (bicyclic) bond motifs is 2. The van der Waals surface area contributed by atoms with E-state index in [0.717, 1.165) is 43.3 Å². The van der Waals surface area contributed by atoms with E-state index >= 15 is 0 Å². The second-order valence-electron chi connectivity index (χ2n) is 9.26. The SMILES string of the molecule is COC(=O)C1=C2C=C3[C@@H](O)C[C@H](C(C)C)[C@@]3(C)CC[C@@]2(C)CC[C@H]1OC. The van der Waals surface area contributed by atoms with E-state index in [9.17, 15) is 9.90 Å². The number of esters is 1. The van der Waals surface area contributed by atoms with Gasteiger partial charge in [-0.25, -0.2) is 4.79 Å². The average Bonchev–Trinajstić information content (AvgIpc) is 2.78. The van der Waals surface area contributed by atoms with Gasteiger partial charge in [0, 0.05) is 7.11 Å². The molecule has 0 radical (unpaired) electrons. The van der Waals surface area contributed by atoms with E-state index in [-0.39, 0.29) is 22.9 Å². The highest BCUT2D eigenvalue weighted by Gasteiger charge is 2.52. The predicted molar refractivity (Wildman–Crippen MR) is 102 cm³/mol. The molecule has 0 bridgehead atoms. The molecule has 3 rings (SSSR count). The Bertz CT molecular complexity index is 647. The molecule has 0 heterocycles. The molecule has 1 N–H and O–H groups in total. The van der Waals surface area contributed by atoms with Crippen molar-refractivity contribution < 1.29 is 19.4 Å². The summed E-state index contributed by atoms with van der Waals surface area (Å²) < 4.78 is 10.7. The summed E-state index contributed by atoms with van der Waals surface area (Å²) in [5.74, 6) is 0.688. The summed E-state index contributed by atoms with van der Waals surface area (Å²) in [5, 5.41) is 10.9. The van der Waals surface area contributed by atoms with Gasteiger partial charge in [0.2, 0.25) is 0 Å². The van der Waals surface area contributed by atoms with Crippen molar-refractivity contribution in [1.29, 1.82) is 0 Å². The van der Waals surface area contributed by atoms with E-state index in [1.165, 1.54) is 7.11 Å². The number of carbonyl (C=O) groups excluding carboxylic acids is 1. The smallest absolute Gasteiger partial charge is 0.336 e. The first-order valence-corrected chi connectivity index (χ1v) is 9.94. The molecule has 0 spiro atoms. The first-order valence-electron chi connectivity index (χ1n) is 9.94. The van der Waals surface area contributed by atoms with Gasteiger partial charge in [-0.2, -0.15) is 0 Å². The van der Waals surface area contributed by atoms with Crippen LogP contribution in [0.25, 0.3) is 0 Å². The molecule has 1 saturated carbocycles. The van der Waals surface area contributed by atoms with Crippen LogP contribution < -0.4 is 0 Å². The molecule has 0 aromatic carbocycles. The van der Waals surface area contributed by atoms with Crippen molar-refractivity contribution in [3.63, 3.8) is 0 Å². The van der Waals surface area contributed by atoms with Crippen molar-refractivity contribution in [2.45, 2.75) is 72.0 Å². The maximum Gasteiger partial charge on any atom is 0.336 e. The minimum absolute atomic E-state index is 0.00920. The zero-order valence-electron chi connectivity index (χ0n) is 17.1. The molecule has 0 aromatic rings. The normalized spacial score (nSPS) is 40.0. The second kappa shape index (κ2) is 6.79. The number of ether oxygens (including phenoxy) is 2. The number of hydrogen-bond donors (Lipinski definition) is 1. The van der Waals surface area contributed by atoms with E-state index in [1.807, 2.05) is 0 Å². The van der Waals surface area contributed by atoms with Gasteiger partial charge in [0.15, 0.2) is 0 Å². The largest absolute Gasteiger partial charge is 0.466 e. The van der Waals surface area contributed by atoms with Crippen LogP contribution in [0.1, 0.15) is 59.8 Å². The summed E-state index contributed by atoms with van der Waals surface area (Å²) in [5.41, 5.74) is 2.71. The molecule has 0 aliphatic heterocycles. The summed E-state index contributed by atoms with van der Waals surface area (Å²) in [6, 6.07) is 0. The second-order valence-corrected chi connectivity index (χ2v) is 9.26. The fourth-order valence-electron chi connectivity index (χ4n) is 5.84. The minimum Gasteiger partial charge on any atom is -0.466 e. The van der Waals surface area contributed by atoms with Gasteiger partial charge in [0.05, 0.1) is 24.9 Å². The van der Waals surface area contributed by atoms with Crippen molar-refractivity contribution in [2.24, 2.45) is 22.7 Å².